The molecule has 0 saturated carbocycles. The molecular formula is C21H29N3O. The van der Waals surface area contributed by atoms with Crippen molar-refractivity contribution in [2.24, 2.45) is 5.92 Å². The highest BCUT2D eigenvalue weighted by molar-refractivity contribution is 5.78. The van der Waals surface area contributed by atoms with Gasteiger partial charge in [0.25, 0.3) is 0 Å². The van der Waals surface area contributed by atoms with E-state index in [0.717, 1.165) is 25.2 Å². The molecule has 4 nitrogen and oxygen atoms in total. The van der Waals surface area contributed by atoms with E-state index in [-0.39, 0.29) is 0 Å². The molecule has 2 fully saturated rings. The number of piperidine rings is 1. The number of hydrogen-bond donors (Lipinski definition) is 0. The van der Waals surface area contributed by atoms with Crippen molar-refractivity contribution in [1.29, 1.82) is 0 Å². The van der Waals surface area contributed by atoms with E-state index in [1.165, 1.54) is 43.1 Å². The van der Waals surface area contributed by atoms with Gasteiger partial charge in [0.05, 0.1) is 18.3 Å². The molecule has 134 valence electrons. The average molecular weight is 339 g/mol. The van der Waals surface area contributed by atoms with E-state index in [1.54, 1.807) is 12.7 Å². The second-order valence-electron chi connectivity index (χ2n) is 7.80. The zero-order valence-corrected chi connectivity index (χ0v) is 15.4. The summed E-state index contributed by atoms with van der Waals surface area (Å²) in [5.41, 5.74) is 2.86. The van der Waals surface area contributed by atoms with Gasteiger partial charge in [-0.3, -0.25) is 9.58 Å². The monoisotopic (exact) mass is 339 g/mol. The lowest BCUT2D eigenvalue weighted by Gasteiger charge is -2.37. The summed E-state index contributed by atoms with van der Waals surface area (Å²) in [6.45, 7) is 5.31. The van der Waals surface area contributed by atoms with Crippen LogP contribution in [0.4, 0.5) is 0 Å². The molecule has 2 aliphatic rings. The van der Waals surface area contributed by atoms with Crippen LogP contribution in [0, 0.1) is 5.92 Å². The van der Waals surface area contributed by atoms with Gasteiger partial charge in [-0.05, 0) is 37.7 Å². The van der Waals surface area contributed by atoms with E-state index < -0.39 is 0 Å². The predicted octanol–water partition coefficient (Wildman–Crippen LogP) is 3.87. The van der Waals surface area contributed by atoms with Gasteiger partial charge in [0.1, 0.15) is 0 Å². The van der Waals surface area contributed by atoms with Gasteiger partial charge in [-0.1, -0.05) is 36.8 Å². The van der Waals surface area contributed by atoms with E-state index in [0.29, 0.717) is 5.92 Å². The molecule has 0 N–H and O–H groups in total. The van der Waals surface area contributed by atoms with Gasteiger partial charge in [0.2, 0.25) is 0 Å². The van der Waals surface area contributed by atoms with Crippen molar-refractivity contribution in [3.05, 3.63) is 42.1 Å². The van der Waals surface area contributed by atoms with Crippen molar-refractivity contribution in [1.82, 2.24) is 14.7 Å². The molecule has 0 aliphatic carbocycles. The molecule has 4 heteroatoms. The highest BCUT2D eigenvalue weighted by Gasteiger charge is 2.38. The van der Waals surface area contributed by atoms with Crippen LogP contribution in [0.3, 0.4) is 0 Å². The Morgan fingerprint density at radius 2 is 1.96 bits per heavy atom. The summed E-state index contributed by atoms with van der Waals surface area (Å²) in [5, 5.41) is 5.84. The van der Waals surface area contributed by atoms with Crippen LogP contribution in [0.5, 0.6) is 0 Å². The fourth-order valence-corrected chi connectivity index (χ4v) is 4.69. The fraction of sp³-hybridized carbons (Fsp3) is 0.571. The maximum absolute atomic E-state index is 5.22. The van der Waals surface area contributed by atoms with Crippen LogP contribution in [-0.2, 0) is 11.3 Å². The SMILES string of the molecule is COCC=C1C[C@H]2CC[C@H](C1)N2C[C@@H](C)Cn1ncc2ccccc21. The second-order valence-corrected chi connectivity index (χ2v) is 7.80. The molecule has 25 heavy (non-hydrogen) atoms. The molecule has 0 radical (unpaired) electrons. The topological polar surface area (TPSA) is 30.3 Å². The Labute approximate surface area is 150 Å². The fourth-order valence-electron chi connectivity index (χ4n) is 4.69. The summed E-state index contributed by atoms with van der Waals surface area (Å²) in [4.78, 5) is 2.78. The molecule has 4 rings (SSSR count). The number of benzene rings is 1. The van der Waals surface area contributed by atoms with Gasteiger partial charge in [-0.25, -0.2) is 0 Å². The molecule has 1 aromatic carbocycles. The Balaban J connectivity index is 1.39. The first kappa shape index (κ1) is 16.8. The van der Waals surface area contributed by atoms with Crippen LogP contribution in [0.1, 0.15) is 32.6 Å². The number of ether oxygens (including phenoxy) is 1. The van der Waals surface area contributed by atoms with E-state index >= 15 is 0 Å². The molecule has 1 aromatic heterocycles. The third kappa shape index (κ3) is 3.51. The largest absolute Gasteiger partial charge is 0.381 e. The summed E-state index contributed by atoms with van der Waals surface area (Å²) in [6, 6.07) is 9.97. The van der Waals surface area contributed by atoms with Crippen LogP contribution in [0.2, 0.25) is 0 Å². The first-order valence-corrected chi connectivity index (χ1v) is 9.57. The molecule has 2 aromatic rings. The van der Waals surface area contributed by atoms with Gasteiger partial charge >= 0.3 is 0 Å². The number of aromatic nitrogens is 2. The summed E-state index contributed by atoms with van der Waals surface area (Å²) >= 11 is 0. The van der Waals surface area contributed by atoms with Crippen molar-refractivity contribution in [3.8, 4) is 0 Å². The molecule has 0 spiro atoms. The third-order valence-corrected chi connectivity index (χ3v) is 5.86. The third-order valence-electron chi connectivity index (χ3n) is 5.86. The van der Waals surface area contributed by atoms with Crippen molar-refractivity contribution < 1.29 is 4.74 Å². The zero-order valence-electron chi connectivity index (χ0n) is 15.4. The smallest absolute Gasteiger partial charge is 0.0682 e. The Kier molecular flexibility index (Phi) is 4.91. The van der Waals surface area contributed by atoms with E-state index in [9.17, 15) is 0 Å². The summed E-state index contributed by atoms with van der Waals surface area (Å²) in [6.07, 6.45) is 9.47. The standard InChI is InChI=1S/C21H29N3O/c1-16(15-24-21-6-4-3-5-18(21)13-22-24)14-23-19-7-8-20(23)12-17(11-19)9-10-25-2/h3-6,9,13,16,19-20H,7-8,10-12,14-15H2,1-2H3/t16-,19-,20-/m1/s1. The van der Waals surface area contributed by atoms with E-state index in [4.69, 9.17) is 4.74 Å². The van der Waals surface area contributed by atoms with E-state index in [1.807, 2.05) is 6.20 Å². The summed E-state index contributed by atoms with van der Waals surface area (Å²) < 4.78 is 7.40. The summed E-state index contributed by atoms with van der Waals surface area (Å²) in [7, 11) is 1.78. The van der Waals surface area contributed by atoms with Gasteiger partial charge in [-0.2, -0.15) is 5.10 Å². The summed E-state index contributed by atoms with van der Waals surface area (Å²) in [5.74, 6) is 0.607. The quantitative estimate of drug-likeness (QED) is 0.749. The molecule has 3 heterocycles. The number of hydrogen-bond acceptors (Lipinski definition) is 3. The van der Waals surface area contributed by atoms with Crippen molar-refractivity contribution in [2.45, 2.75) is 51.2 Å². The molecule has 2 bridgehead atoms. The maximum atomic E-state index is 5.22. The number of methoxy groups -OCH3 is 1. The first-order chi connectivity index (χ1) is 12.2. The Bertz CT molecular complexity index is 734. The van der Waals surface area contributed by atoms with Crippen LogP contribution >= 0.6 is 0 Å². The Morgan fingerprint density at radius 3 is 2.72 bits per heavy atom. The first-order valence-electron chi connectivity index (χ1n) is 9.57. The Hall–Kier alpha value is -1.65. The zero-order chi connectivity index (χ0) is 17.2. The number of para-hydroxylation sites is 1. The minimum Gasteiger partial charge on any atom is -0.381 e. The molecular weight excluding hydrogens is 310 g/mol. The molecule has 0 unspecified atom stereocenters. The minimum absolute atomic E-state index is 0.607. The molecule has 2 saturated heterocycles. The molecule has 0 amide bonds. The van der Waals surface area contributed by atoms with Gasteiger partial charge < -0.3 is 4.74 Å². The Morgan fingerprint density at radius 1 is 1.20 bits per heavy atom. The minimum atomic E-state index is 0.607. The normalized spacial score (nSPS) is 24.8. The lowest BCUT2D eigenvalue weighted by Crippen LogP contribution is -2.43. The van der Waals surface area contributed by atoms with Gasteiger partial charge in [-0.15, -0.1) is 0 Å². The highest BCUT2D eigenvalue weighted by atomic mass is 16.5. The van der Waals surface area contributed by atoms with Crippen LogP contribution < -0.4 is 0 Å². The van der Waals surface area contributed by atoms with Crippen LogP contribution in [0.25, 0.3) is 10.9 Å². The molecule has 3 atom stereocenters. The van der Waals surface area contributed by atoms with Crippen molar-refractivity contribution in [3.63, 3.8) is 0 Å². The maximum Gasteiger partial charge on any atom is 0.0682 e. The van der Waals surface area contributed by atoms with Crippen LogP contribution in [0.15, 0.2) is 42.1 Å². The van der Waals surface area contributed by atoms with Crippen LogP contribution in [-0.4, -0.2) is 47.0 Å². The highest BCUT2D eigenvalue weighted by Crippen LogP contribution is 2.38. The van der Waals surface area contributed by atoms with Crippen molar-refractivity contribution in [2.75, 3.05) is 20.3 Å². The number of rotatable bonds is 6. The van der Waals surface area contributed by atoms with Gasteiger partial charge in [0, 0.05) is 37.7 Å². The van der Waals surface area contributed by atoms with Gasteiger partial charge in [0.15, 0.2) is 0 Å². The number of nitrogens with zero attached hydrogens (tertiary/aromatic N) is 3. The van der Waals surface area contributed by atoms with E-state index in [2.05, 4.69) is 51.9 Å². The molecule has 2 aliphatic heterocycles. The van der Waals surface area contributed by atoms with Crippen molar-refractivity contribution >= 4 is 10.9 Å². The number of fused-ring (bicyclic) bond motifs is 3. The second kappa shape index (κ2) is 7.30. The lowest BCUT2D eigenvalue weighted by molar-refractivity contribution is 0.136. The lowest BCUT2D eigenvalue weighted by atomic mass is 9.95. The average Bonchev–Trinajstić information content (AvgIpc) is 3.11. The predicted molar refractivity (Wildman–Crippen MR) is 102 cm³/mol.